The Kier molecular flexibility index (Phi) is 3.97. The summed E-state index contributed by atoms with van der Waals surface area (Å²) in [5, 5.41) is 4.21. The van der Waals surface area contributed by atoms with Crippen LogP contribution in [0.4, 0.5) is 0 Å². The van der Waals surface area contributed by atoms with Crippen LogP contribution in [-0.4, -0.2) is 12.8 Å². The molecule has 0 atom stereocenters. The molecule has 0 radical (unpaired) electrons. The molecule has 1 aliphatic carbocycles. The van der Waals surface area contributed by atoms with E-state index < -0.39 is 0 Å². The average Bonchev–Trinajstić information content (AvgIpc) is 2.52. The zero-order valence-electron chi connectivity index (χ0n) is 9.97. The third-order valence-electron chi connectivity index (χ3n) is 2.75. The predicted molar refractivity (Wildman–Crippen MR) is 60.5 cm³/mol. The molecule has 2 nitrogen and oxygen atoms in total. The Balaban J connectivity index is 2.59. The Labute approximate surface area is 87.7 Å². The van der Waals surface area contributed by atoms with Crippen molar-refractivity contribution in [1.82, 2.24) is 0 Å². The Bertz CT molecular complexity index is 197. The van der Waals surface area contributed by atoms with Crippen molar-refractivity contribution in [2.75, 3.05) is 7.11 Å². The van der Waals surface area contributed by atoms with Crippen LogP contribution in [0.1, 0.15) is 52.9 Å². The van der Waals surface area contributed by atoms with Crippen LogP contribution in [0.5, 0.6) is 0 Å². The lowest BCUT2D eigenvalue weighted by Crippen LogP contribution is -2.19. The summed E-state index contributed by atoms with van der Waals surface area (Å²) in [6, 6.07) is 0. The average molecular weight is 197 g/mol. The van der Waals surface area contributed by atoms with Gasteiger partial charge in [-0.1, -0.05) is 38.8 Å². The summed E-state index contributed by atoms with van der Waals surface area (Å²) >= 11 is 0. The number of hydrogen-bond acceptors (Lipinski definition) is 2. The van der Waals surface area contributed by atoms with Crippen LogP contribution >= 0.6 is 0 Å². The van der Waals surface area contributed by atoms with Crippen LogP contribution in [0.25, 0.3) is 0 Å². The molecule has 0 amide bonds. The van der Waals surface area contributed by atoms with Gasteiger partial charge in [0.15, 0.2) is 0 Å². The van der Waals surface area contributed by atoms with Gasteiger partial charge in [0.1, 0.15) is 7.11 Å². The second-order valence-corrected chi connectivity index (χ2v) is 5.48. The van der Waals surface area contributed by atoms with Crippen molar-refractivity contribution in [3.05, 3.63) is 0 Å². The van der Waals surface area contributed by atoms with Crippen molar-refractivity contribution in [1.29, 1.82) is 0 Å². The molecule has 0 aliphatic heterocycles. The second-order valence-electron chi connectivity index (χ2n) is 5.48. The number of hydrogen-bond donors (Lipinski definition) is 0. The lowest BCUT2D eigenvalue weighted by Gasteiger charge is -2.22. The summed E-state index contributed by atoms with van der Waals surface area (Å²) in [7, 11) is 1.65. The largest absolute Gasteiger partial charge is 0.399 e. The van der Waals surface area contributed by atoms with Crippen LogP contribution in [0.3, 0.4) is 0 Å². The molecule has 0 N–H and O–H groups in total. The summed E-state index contributed by atoms with van der Waals surface area (Å²) in [6.07, 6.45) is 6.39. The van der Waals surface area contributed by atoms with E-state index in [0.717, 1.165) is 6.42 Å². The van der Waals surface area contributed by atoms with Crippen LogP contribution in [0.2, 0.25) is 0 Å². The zero-order valence-corrected chi connectivity index (χ0v) is 9.97. The molecule has 0 aromatic rings. The van der Waals surface area contributed by atoms with E-state index in [-0.39, 0.29) is 0 Å². The minimum atomic E-state index is 0.319. The van der Waals surface area contributed by atoms with E-state index >= 15 is 0 Å². The molecule has 82 valence electrons. The van der Waals surface area contributed by atoms with Gasteiger partial charge >= 0.3 is 0 Å². The summed E-state index contributed by atoms with van der Waals surface area (Å²) in [6.45, 7) is 6.77. The van der Waals surface area contributed by atoms with E-state index in [4.69, 9.17) is 4.84 Å². The van der Waals surface area contributed by atoms with Crippen molar-refractivity contribution in [2.24, 2.45) is 16.5 Å². The van der Waals surface area contributed by atoms with Crippen molar-refractivity contribution >= 4 is 5.71 Å². The monoisotopic (exact) mass is 197 g/mol. The predicted octanol–water partition coefficient (Wildman–Crippen LogP) is 3.62. The first kappa shape index (κ1) is 11.5. The maximum Gasteiger partial charge on any atom is 0.106 e. The second kappa shape index (κ2) is 4.81. The first-order valence-electron chi connectivity index (χ1n) is 5.63. The summed E-state index contributed by atoms with van der Waals surface area (Å²) < 4.78 is 0. The molecular weight excluding hydrogens is 174 g/mol. The zero-order chi connectivity index (χ0) is 10.6. The first-order valence-corrected chi connectivity index (χ1v) is 5.63. The van der Waals surface area contributed by atoms with Crippen molar-refractivity contribution in [3.63, 3.8) is 0 Å². The first-order chi connectivity index (χ1) is 6.53. The SMILES string of the molecule is CO/N=C(\CC(C)(C)C)C1CCCC1. The summed E-state index contributed by atoms with van der Waals surface area (Å²) in [5.74, 6) is 0.689. The van der Waals surface area contributed by atoms with Gasteiger partial charge in [0.2, 0.25) is 0 Å². The number of oxime groups is 1. The molecule has 1 aliphatic rings. The fourth-order valence-corrected chi connectivity index (χ4v) is 2.17. The molecule has 14 heavy (non-hydrogen) atoms. The number of nitrogens with zero attached hydrogens (tertiary/aromatic N) is 1. The molecular formula is C12H23NO. The fourth-order valence-electron chi connectivity index (χ4n) is 2.17. The standard InChI is InChI=1S/C12H23NO/c1-12(2,3)9-11(13-14-4)10-7-5-6-8-10/h10H,5-9H2,1-4H3/b13-11+. The molecule has 2 heteroatoms. The Hall–Kier alpha value is -0.530. The summed E-state index contributed by atoms with van der Waals surface area (Å²) in [5.41, 5.74) is 1.59. The minimum absolute atomic E-state index is 0.319. The van der Waals surface area contributed by atoms with E-state index in [0.29, 0.717) is 11.3 Å². The van der Waals surface area contributed by atoms with Crippen LogP contribution in [0.15, 0.2) is 5.16 Å². The smallest absolute Gasteiger partial charge is 0.106 e. The molecule has 0 bridgehead atoms. The molecule has 1 saturated carbocycles. The third-order valence-corrected chi connectivity index (χ3v) is 2.75. The normalized spacial score (nSPS) is 20.1. The number of rotatable bonds is 3. The highest BCUT2D eigenvalue weighted by Crippen LogP contribution is 2.31. The van der Waals surface area contributed by atoms with Gasteiger partial charge in [-0.15, -0.1) is 0 Å². The van der Waals surface area contributed by atoms with Gasteiger partial charge < -0.3 is 4.84 Å². The highest BCUT2D eigenvalue weighted by molar-refractivity contribution is 5.87. The van der Waals surface area contributed by atoms with E-state index in [1.165, 1.54) is 31.4 Å². The van der Waals surface area contributed by atoms with Gasteiger partial charge in [-0.3, -0.25) is 0 Å². The lowest BCUT2D eigenvalue weighted by molar-refractivity contribution is 0.208. The van der Waals surface area contributed by atoms with Gasteiger partial charge in [0, 0.05) is 5.92 Å². The van der Waals surface area contributed by atoms with Gasteiger partial charge in [0.25, 0.3) is 0 Å². The Morgan fingerprint density at radius 1 is 1.29 bits per heavy atom. The maximum atomic E-state index is 4.95. The Morgan fingerprint density at radius 3 is 2.29 bits per heavy atom. The van der Waals surface area contributed by atoms with E-state index in [2.05, 4.69) is 25.9 Å². The highest BCUT2D eigenvalue weighted by atomic mass is 16.6. The minimum Gasteiger partial charge on any atom is -0.399 e. The summed E-state index contributed by atoms with van der Waals surface area (Å²) in [4.78, 5) is 4.95. The fraction of sp³-hybridized carbons (Fsp3) is 0.917. The highest BCUT2D eigenvalue weighted by Gasteiger charge is 2.25. The van der Waals surface area contributed by atoms with E-state index in [9.17, 15) is 0 Å². The topological polar surface area (TPSA) is 21.6 Å². The Morgan fingerprint density at radius 2 is 1.86 bits per heavy atom. The van der Waals surface area contributed by atoms with Crippen LogP contribution in [-0.2, 0) is 4.84 Å². The molecule has 0 aromatic carbocycles. The van der Waals surface area contributed by atoms with Crippen molar-refractivity contribution in [3.8, 4) is 0 Å². The molecule has 1 fully saturated rings. The van der Waals surface area contributed by atoms with Crippen LogP contribution in [0, 0.1) is 11.3 Å². The van der Waals surface area contributed by atoms with Gasteiger partial charge in [-0.05, 0) is 24.7 Å². The lowest BCUT2D eigenvalue weighted by atomic mass is 9.84. The molecule has 0 spiro atoms. The van der Waals surface area contributed by atoms with Crippen molar-refractivity contribution in [2.45, 2.75) is 52.9 Å². The maximum absolute atomic E-state index is 4.95. The molecule has 1 rings (SSSR count). The quantitative estimate of drug-likeness (QED) is 0.500. The molecule has 0 heterocycles. The molecule has 0 unspecified atom stereocenters. The third kappa shape index (κ3) is 3.69. The molecule has 0 aromatic heterocycles. The van der Waals surface area contributed by atoms with Crippen molar-refractivity contribution < 1.29 is 4.84 Å². The van der Waals surface area contributed by atoms with E-state index in [1.807, 2.05) is 0 Å². The van der Waals surface area contributed by atoms with Gasteiger partial charge in [-0.2, -0.15) is 0 Å². The van der Waals surface area contributed by atoms with Gasteiger partial charge in [-0.25, -0.2) is 0 Å². The van der Waals surface area contributed by atoms with E-state index in [1.54, 1.807) is 7.11 Å². The molecule has 0 saturated heterocycles. The van der Waals surface area contributed by atoms with Gasteiger partial charge in [0.05, 0.1) is 5.71 Å². The van der Waals surface area contributed by atoms with Crippen LogP contribution < -0.4 is 0 Å².